The Morgan fingerprint density at radius 1 is 1.05 bits per heavy atom. The SMILES string of the molecule is Cc1c2ccn(C)c(=O)c2c(C)c2c1[nH]c1ccc(O)cc12. The van der Waals surface area contributed by atoms with Gasteiger partial charge in [0.1, 0.15) is 5.75 Å². The molecule has 4 aromatic rings. The molecule has 0 aliphatic carbocycles. The molecule has 0 fully saturated rings. The topological polar surface area (TPSA) is 58.0 Å². The number of nitrogens with one attached hydrogen (secondary N) is 1. The van der Waals surface area contributed by atoms with E-state index in [0.717, 1.165) is 43.7 Å². The van der Waals surface area contributed by atoms with E-state index in [0.29, 0.717) is 0 Å². The first-order valence-corrected chi connectivity index (χ1v) is 7.22. The number of nitrogens with zero attached hydrogens (tertiary/aromatic N) is 1. The number of rotatable bonds is 0. The van der Waals surface area contributed by atoms with Gasteiger partial charge in [-0.3, -0.25) is 4.79 Å². The predicted octanol–water partition coefficient (Wildman–Crippen LogP) is 3.50. The second-order valence-electron chi connectivity index (χ2n) is 5.88. The van der Waals surface area contributed by atoms with Gasteiger partial charge < -0.3 is 14.7 Å². The van der Waals surface area contributed by atoms with E-state index in [-0.39, 0.29) is 11.3 Å². The van der Waals surface area contributed by atoms with Crippen LogP contribution >= 0.6 is 0 Å². The highest BCUT2D eigenvalue weighted by molar-refractivity contribution is 6.16. The van der Waals surface area contributed by atoms with Crippen LogP contribution in [0.25, 0.3) is 32.6 Å². The van der Waals surface area contributed by atoms with E-state index in [1.165, 1.54) is 0 Å². The molecule has 0 radical (unpaired) electrons. The van der Waals surface area contributed by atoms with Gasteiger partial charge in [0, 0.05) is 29.5 Å². The van der Waals surface area contributed by atoms with E-state index < -0.39 is 0 Å². The molecule has 0 spiro atoms. The van der Waals surface area contributed by atoms with Gasteiger partial charge in [0.2, 0.25) is 0 Å². The smallest absolute Gasteiger partial charge is 0.258 e. The number of fused-ring (bicyclic) bond motifs is 4. The van der Waals surface area contributed by atoms with Crippen molar-refractivity contribution >= 4 is 32.6 Å². The maximum absolute atomic E-state index is 12.6. The van der Waals surface area contributed by atoms with Gasteiger partial charge in [0.25, 0.3) is 5.56 Å². The highest BCUT2D eigenvalue weighted by atomic mass is 16.3. The number of aromatic nitrogens is 2. The van der Waals surface area contributed by atoms with Crippen molar-refractivity contribution in [3.63, 3.8) is 0 Å². The van der Waals surface area contributed by atoms with Crippen molar-refractivity contribution in [2.45, 2.75) is 13.8 Å². The summed E-state index contributed by atoms with van der Waals surface area (Å²) in [5.41, 5.74) is 4.01. The van der Waals surface area contributed by atoms with Crippen LogP contribution in [0.4, 0.5) is 0 Å². The highest BCUT2D eigenvalue weighted by Gasteiger charge is 2.16. The van der Waals surface area contributed by atoms with Crippen molar-refractivity contribution in [1.29, 1.82) is 0 Å². The lowest BCUT2D eigenvalue weighted by Crippen LogP contribution is -2.16. The summed E-state index contributed by atoms with van der Waals surface area (Å²) in [4.78, 5) is 16.0. The minimum atomic E-state index is 0.00880. The number of pyridine rings is 1. The Balaban J connectivity index is 2.39. The summed E-state index contributed by atoms with van der Waals surface area (Å²) >= 11 is 0. The Morgan fingerprint density at radius 3 is 2.59 bits per heavy atom. The fourth-order valence-electron chi connectivity index (χ4n) is 3.41. The number of phenols is 1. The molecule has 2 aromatic carbocycles. The summed E-state index contributed by atoms with van der Waals surface area (Å²) in [6.45, 7) is 4.00. The quantitative estimate of drug-likeness (QED) is 0.521. The minimum absolute atomic E-state index is 0.00880. The maximum atomic E-state index is 12.6. The lowest BCUT2D eigenvalue weighted by molar-refractivity contribution is 0.476. The lowest BCUT2D eigenvalue weighted by atomic mass is 9.97. The molecule has 2 N–H and O–H groups in total. The number of aromatic amines is 1. The zero-order valence-electron chi connectivity index (χ0n) is 12.7. The van der Waals surface area contributed by atoms with Crippen LogP contribution < -0.4 is 5.56 Å². The van der Waals surface area contributed by atoms with Crippen LogP contribution in [0.3, 0.4) is 0 Å². The van der Waals surface area contributed by atoms with Crippen molar-refractivity contribution in [2.24, 2.45) is 7.05 Å². The second kappa shape index (κ2) is 4.13. The van der Waals surface area contributed by atoms with Crippen molar-refractivity contribution in [3.05, 3.63) is 51.9 Å². The van der Waals surface area contributed by atoms with Gasteiger partial charge >= 0.3 is 0 Å². The number of benzene rings is 2. The van der Waals surface area contributed by atoms with Crippen LogP contribution in [0.2, 0.25) is 0 Å². The molecule has 22 heavy (non-hydrogen) atoms. The summed E-state index contributed by atoms with van der Waals surface area (Å²) in [7, 11) is 1.77. The van der Waals surface area contributed by atoms with Gasteiger partial charge in [0.15, 0.2) is 0 Å². The first-order valence-electron chi connectivity index (χ1n) is 7.22. The average Bonchev–Trinajstić information content (AvgIpc) is 2.86. The van der Waals surface area contributed by atoms with Crippen LogP contribution in [-0.4, -0.2) is 14.7 Å². The highest BCUT2D eigenvalue weighted by Crippen LogP contribution is 2.36. The molecule has 0 saturated carbocycles. The molecule has 4 nitrogen and oxygen atoms in total. The van der Waals surface area contributed by atoms with Crippen molar-refractivity contribution in [3.8, 4) is 5.75 Å². The van der Waals surface area contributed by atoms with Gasteiger partial charge in [-0.25, -0.2) is 0 Å². The molecule has 0 aliphatic heterocycles. The fraction of sp³-hybridized carbons (Fsp3) is 0.167. The maximum Gasteiger partial charge on any atom is 0.258 e. The Kier molecular flexibility index (Phi) is 2.43. The van der Waals surface area contributed by atoms with Crippen LogP contribution in [0.5, 0.6) is 5.75 Å². The Labute approximate surface area is 126 Å². The van der Waals surface area contributed by atoms with Gasteiger partial charge in [-0.05, 0) is 54.6 Å². The molecule has 0 bridgehead atoms. The minimum Gasteiger partial charge on any atom is -0.508 e. The van der Waals surface area contributed by atoms with Crippen molar-refractivity contribution < 1.29 is 5.11 Å². The Bertz CT molecular complexity index is 1130. The predicted molar refractivity (Wildman–Crippen MR) is 89.7 cm³/mol. The van der Waals surface area contributed by atoms with Crippen LogP contribution in [-0.2, 0) is 7.05 Å². The molecule has 4 rings (SSSR count). The Hall–Kier alpha value is -2.75. The number of phenolic OH excluding ortho intramolecular Hbond substituents is 1. The van der Waals surface area contributed by atoms with E-state index in [4.69, 9.17) is 0 Å². The van der Waals surface area contributed by atoms with Crippen molar-refractivity contribution in [2.75, 3.05) is 0 Å². The van der Waals surface area contributed by atoms with E-state index in [1.807, 2.05) is 26.0 Å². The fourth-order valence-corrected chi connectivity index (χ4v) is 3.41. The van der Waals surface area contributed by atoms with E-state index in [2.05, 4.69) is 4.98 Å². The third kappa shape index (κ3) is 1.49. The van der Waals surface area contributed by atoms with Crippen LogP contribution in [0.15, 0.2) is 35.3 Å². The van der Waals surface area contributed by atoms with Gasteiger partial charge in [-0.15, -0.1) is 0 Å². The molecular weight excluding hydrogens is 276 g/mol. The molecule has 0 atom stereocenters. The first-order chi connectivity index (χ1) is 10.5. The van der Waals surface area contributed by atoms with Gasteiger partial charge in [-0.2, -0.15) is 0 Å². The number of H-pyrrole nitrogens is 1. The van der Waals surface area contributed by atoms with Gasteiger partial charge in [0.05, 0.1) is 10.9 Å². The monoisotopic (exact) mass is 292 g/mol. The lowest BCUT2D eigenvalue weighted by Gasteiger charge is -2.10. The molecule has 110 valence electrons. The van der Waals surface area contributed by atoms with Crippen LogP contribution in [0, 0.1) is 13.8 Å². The Morgan fingerprint density at radius 2 is 1.82 bits per heavy atom. The van der Waals surface area contributed by atoms with Crippen molar-refractivity contribution in [1.82, 2.24) is 9.55 Å². The zero-order valence-corrected chi connectivity index (χ0v) is 12.7. The summed E-state index contributed by atoms with van der Waals surface area (Å²) in [6.07, 6.45) is 1.80. The number of hydrogen-bond donors (Lipinski definition) is 2. The number of aryl methyl sites for hydroxylation is 3. The second-order valence-corrected chi connectivity index (χ2v) is 5.88. The third-order valence-corrected chi connectivity index (χ3v) is 4.58. The normalized spacial score (nSPS) is 11.8. The molecule has 0 aliphatic rings. The van der Waals surface area contributed by atoms with Gasteiger partial charge in [-0.1, -0.05) is 0 Å². The van der Waals surface area contributed by atoms with E-state index in [1.54, 1.807) is 29.9 Å². The average molecular weight is 292 g/mol. The molecule has 2 heterocycles. The number of hydrogen-bond acceptors (Lipinski definition) is 2. The molecule has 0 amide bonds. The first kappa shape index (κ1) is 13.0. The summed E-state index contributed by atoms with van der Waals surface area (Å²) < 4.78 is 1.60. The molecule has 0 saturated heterocycles. The molecule has 2 aromatic heterocycles. The summed E-state index contributed by atoms with van der Waals surface area (Å²) in [6, 6.07) is 7.27. The standard InChI is InChI=1S/C18H16N2O2/c1-9-12-6-7-20(3)18(22)16(12)10(2)15-13-8-11(21)4-5-14(13)19-17(9)15/h4-8,19,21H,1-3H3. The zero-order chi connectivity index (χ0) is 15.6. The molecular formula is C18H16N2O2. The largest absolute Gasteiger partial charge is 0.508 e. The molecule has 0 unspecified atom stereocenters. The number of aromatic hydroxyl groups is 1. The summed E-state index contributed by atoms with van der Waals surface area (Å²) in [5.74, 6) is 0.228. The van der Waals surface area contributed by atoms with E-state index >= 15 is 0 Å². The van der Waals surface area contributed by atoms with Crippen LogP contribution in [0.1, 0.15) is 11.1 Å². The third-order valence-electron chi connectivity index (χ3n) is 4.58. The summed E-state index contributed by atoms with van der Waals surface area (Å²) in [5, 5.41) is 13.5. The molecule has 4 heteroatoms. The van der Waals surface area contributed by atoms with E-state index in [9.17, 15) is 9.90 Å².